The number of benzene rings is 2. The van der Waals surface area contributed by atoms with Crippen molar-refractivity contribution < 1.29 is 4.74 Å². The summed E-state index contributed by atoms with van der Waals surface area (Å²) in [7, 11) is 0. The highest BCUT2D eigenvalue weighted by atomic mass is 32.1. The second kappa shape index (κ2) is 6.40. The Morgan fingerprint density at radius 1 is 0.750 bits per heavy atom. The van der Waals surface area contributed by atoms with Gasteiger partial charge in [0, 0.05) is 11.3 Å². The van der Waals surface area contributed by atoms with Crippen LogP contribution in [0.4, 0.5) is 0 Å². The fourth-order valence-corrected chi connectivity index (χ4v) is 2.80. The largest absolute Gasteiger partial charge is 0.489 e. The Morgan fingerprint density at radius 2 is 1.55 bits per heavy atom. The van der Waals surface area contributed by atoms with Crippen LogP contribution in [0.1, 0.15) is 16.0 Å². The predicted octanol–water partition coefficient (Wildman–Crippen LogP) is 4.92. The molecule has 0 aliphatic carbocycles. The third-order valence-corrected chi connectivity index (χ3v) is 4.01. The second-order valence-electron chi connectivity index (χ2n) is 4.67. The average molecular weight is 280 g/mol. The average Bonchev–Trinajstić information content (AvgIpc) is 3.01. The van der Waals surface area contributed by atoms with E-state index in [0.29, 0.717) is 6.61 Å². The van der Waals surface area contributed by atoms with E-state index < -0.39 is 0 Å². The van der Waals surface area contributed by atoms with Crippen LogP contribution in [-0.2, 0) is 13.0 Å². The molecule has 1 heterocycles. The van der Waals surface area contributed by atoms with E-state index in [2.05, 4.69) is 41.8 Å². The SMILES string of the molecule is c1ccc(COc2ccc(Cc3cccs3)cc2)cc1. The predicted molar refractivity (Wildman–Crippen MR) is 84.3 cm³/mol. The van der Waals surface area contributed by atoms with Crippen LogP contribution >= 0.6 is 11.3 Å². The third kappa shape index (κ3) is 3.49. The van der Waals surface area contributed by atoms with Gasteiger partial charge in [0.05, 0.1) is 0 Å². The van der Waals surface area contributed by atoms with Crippen LogP contribution in [-0.4, -0.2) is 0 Å². The van der Waals surface area contributed by atoms with Crippen molar-refractivity contribution >= 4 is 11.3 Å². The van der Waals surface area contributed by atoms with Crippen LogP contribution in [0, 0.1) is 0 Å². The molecule has 1 aromatic heterocycles. The molecule has 20 heavy (non-hydrogen) atoms. The molecule has 0 spiro atoms. The maximum atomic E-state index is 5.78. The topological polar surface area (TPSA) is 9.23 Å². The minimum atomic E-state index is 0.616. The molecule has 0 amide bonds. The van der Waals surface area contributed by atoms with Crippen molar-refractivity contribution in [2.75, 3.05) is 0 Å². The number of rotatable bonds is 5. The van der Waals surface area contributed by atoms with Crippen LogP contribution in [0.15, 0.2) is 72.1 Å². The first-order chi connectivity index (χ1) is 9.90. The zero-order valence-corrected chi connectivity index (χ0v) is 12.0. The van der Waals surface area contributed by atoms with Crippen LogP contribution in [0.25, 0.3) is 0 Å². The van der Waals surface area contributed by atoms with Gasteiger partial charge in [0.25, 0.3) is 0 Å². The molecule has 0 fully saturated rings. The van der Waals surface area contributed by atoms with Crippen molar-refractivity contribution in [1.29, 1.82) is 0 Å². The summed E-state index contributed by atoms with van der Waals surface area (Å²) in [5, 5.41) is 2.12. The van der Waals surface area contributed by atoms with Gasteiger partial charge < -0.3 is 4.74 Å². The lowest BCUT2D eigenvalue weighted by molar-refractivity contribution is 0.306. The minimum Gasteiger partial charge on any atom is -0.489 e. The number of hydrogen-bond acceptors (Lipinski definition) is 2. The molecule has 0 unspecified atom stereocenters. The Labute approximate surface area is 123 Å². The van der Waals surface area contributed by atoms with Gasteiger partial charge in [0.1, 0.15) is 12.4 Å². The molecule has 1 nitrogen and oxygen atoms in total. The van der Waals surface area contributed by atoms with E-state index in [9.17, 15) is 0 Å². The Balaban J connectivity index is 1.59. The van der Waals surface area contributed by atoms with Gasteiger partial charge in [-0.15, -0.1) is 11.3 Å². The number of ether oxygens (including phenoxy) is 1. The summed E-state index contributed by atoms with van der Waals surface area (Å²) < 4.78 is 5.78. The highest BCUT2D eigenvalue weighted by Crippen LogP contribution is 2.18. The minimum absolute atomic E-state index is 0.616. The molecule has 3 rings (SSSR count). The summed E-state index contributed by atoms with van der Waals surface area (Å²) in [4.78, 5) is 1.39. The van der Waals surface area contributed by atoms with E-state index in [-0.39, 0.29) is 0 Å². The molecule has 2 aromatic carbocycles. The van der Waals surface area contributed by atoms with Gasteiger partial charge in [0.2, 0.25) is 0 Å². The summed E-state index contributed by atoms with van der Waals surface area (Å²) in [6, 6.07) is 22.9. The van der Waals surface area contributed by atoms with Crippen molar-refractivity contribution in [1.82, 2.24) is 0 Å². The van der Waals surface area contributed by atoms with Crippen LogP contribution in [0.3, 0.4) is 0 Å². The van der Waals surface area contributed by atoms with E-state index in [4.69, 9.17) is 4.74 Å². The molecule has 0 saturated carbocycles. The fraction of sp³-hybridized carbons (Fsp3) is 0.111. The Kier molecular flexibility index (Phi) is 4.14. The number of thiophene rings is 1. The summed E-state index contributed by atoms with van der Waals surface area (Å²) in [6.07, 6.45) is 0.997. The molecule has 3 aromatic rings. The summed E-state index contributed by atoms with van der Waals surface area (Å²) in [5.74, 6) is 0.920. The molecule has 2 heteroatoms. The highest BCUT2D eigenvalue weighted by Gasteiger charge is 1.99. The van der Waals surface area contributed by atoms with Gasteiger partial charge in [-0.05, 0) is 34.7 Å². The Bertz CT molecular complexity index is 627. The monoisotopic (exact) mass is 280 g/mol. The highest BCUT2D eigenvalue weighted by molar-refractivity contribution is 7.09. The molecular formula is C18H16OS. The lowest BCUT2D eigenvalue weighted by atomic mass is 10.1. The zero-order chi connectivity index (χ0) is 13.6. The van der Waals surface area contributed by atoms with Gasteiger partial charge in [-0.1, -0.05) is 48.5 Å². The van der Waals surface area contributed by atoms with Crippen LogP contribution in [0.5, 0.6) is 5.75 Å². The van der Waals surface area contributed by atoms with Gasteiger partial charge in [-0.3, -0.25) is 0 Å². The summed E-state index contributed by atoms with van der Waals surface area (Å²) in [6.45, 7) is 0.616. The van der Waals surface area contributed by atoms with E-state index >= 15 is 0 Å². The van der Waals surface area contributed by atoms with E-state index in [1.807, 2.05) is 30.3 Å². The first-order valence-corrected chi connectivity index (χ1v) is 7.56. The molecule has 0 saturated heterocycles. The first-order valence-electron chi connectivity index (χ1n) is 6.68. The Morgan fingerprint density at radius 3 is 2.25 bits per heavy atom. The molecule has 0 radical (unpaired) electrons. The molecule has 0 bridgehead atoms. The smallest absolute Gasteiger partial charge is 0.119 e. The van der Waals surface area contributed by atoms with Crippen LogP contribution < -0.4 is 4.74 Å². The summed E-state index contributed by atoms with van der Waals surface area (Å²) in [5.41, 5.74) is 2.51. The summed E-state index contributed by atoms with van der Waals surface area (Å²) >= 11 is 1.80. The fourth-order valence-electron chi connectivity index (χ4n) is 2.06. The van der Waals surface area contributed by atoms with E-state index in [1.165, 1.54) is 16.0 Å². The zero-order valence-electron chi connectivity index (χ0n) is 11.2. The first kappa shape index (κ1) is 12.9. The maximum absolute atomic E-state index is 5.78. The third-order valence-electron chi connectivity index (χ3n) is 3.13. The van der Waals surface area contributed by atoms with Crippen molar-refractivity contribution in [2.24, 2.45) is 0 Å². The molecule has 0 N–H and O–H groups in total. The Hall–Kier alpha value is -2.06. The quantitative estimate of drug-likeness (QED) is 0.644. The normalized spacial score (nSPS) is 10.4. The van der Waals surface area contributed by atoms with Crippen molar-refractivity contribution in [3.63, 3.8) is 0 Å². The molecule has 0 aliphatic heterocycles. The lowest BCUT2D eigenvalue weighted by Gasteiger charge is -2.07. The van der Waals surface area contributed by atoms with Crippen molar-refractivity contribution in [3.05, 3.63) is 88.1 Å². The lowest BCUT2D eigenvalue weighted by Crippen LogP contribution is -1.95. The van der Waals surface area contributed by atoms with Gasteiger partial charge in [0.15, 0.2) is 0 Å². The van der Waals surface area contributed by atoms with Crippen molar-refractivity contribution in [2.45, 2.75) is 13.0 Å². The number of hydrogen-bond donors (Lipinski definition) is 0. The van der Waals surface area contributed by atoms with Crippen molar-refractivity contribution in [3.8, 4) is 5.75 Å². The molecular weight excluding hydrogens is 264 g/mol. The molecule has 0 aliphatic rings. The van der Waals surface area contributed by atoms with Gasteiger partial charge in [-0.25, -0.2) is 0 Å². The standard InChI is InChI=1S/C18H16OS/c1-2-5-16(6-3-1)14-19-17-10-8-15(9-11-17)13-18-7-4-12-20-18/h1-12H,13-14H2. The maximum Gasteiger partial charge on any atom is 0.119 e. The molecule has 0 atom stereocenters. The van der Waals surface area contributed by atoms with Gasteiger partial charge in [-0.2, -0.15) is 0 Å². The van der Waals surface area contributed by atoms with Crippen LogP contribution in [0.2, 0.25) is 0 Å². The van der Waals surface area contributed by atoms with E-state index in [0.717, 1.165) is 12.2 Å². The van der Waals surface area contributed by atoms with Gasteiger partial charge >= 0.3 is 0 Å². The second-order valence-corrected chi connectivity index (χ2v) is 5.71. The molecule has 100 valence electrons. The van der Waals surface area contributed by atoms with E-state index in [1.54, 1.807) is 11.3 Å².